The van der Waals surface area contributed by atoms with Gasteiger partial charge in [-0.05, 0) is 61.5 Å². The fraction of sp³-hybridized carbons (Fsp3) is 0.458. The normalized spacial score (nSPS) is 19.8. The number of nitrogens with zero attached hydrogens (tertiary/aromatic N) is 1. The van der Waals surface area contributed by atoms with Gasteiger partial charge in [0.2, 0.25) is 0 Å². The minimum absolute atomic E-state index is 0.0422. The second-order valence-electron chi connectivity index (χ2n) is 8.17. The Kier molecular flexibility index (Phi) is 6.35. The lowest BCUT2D eigenvalue weighted by atomic mass is 9.92. The van der Waals surface area contributed by atoms with E-state index >= 15 is 0 Å². The number of piperidine rings is 1. The largest absolute Gasteiger partial charge is 0.486 e. The fourth-order valence-electron chi connectivity index (χ4n) is 4.23. The van der Waals surface area contributed by atoms with Crippen molar-refractivity contribution in [1.29, 1.82) is 0 Å². The molecule has 2 aromatic carbocycles. The van der Waals surface area contributed by atoms with Crippen LogP contribution < -0.4 is 9.47 Å². The zero-order valence-electron chi connectivity index (χ0n) is 16.8. The molecular formula is C24H29NO4. The van der Waals surface area contributed by atoms with Gasteiger partial charge in [0.05, 0.1) is 0 Å². The molecule has 5 heteroatoms. The van der Waals surface area contributed by atoms with Crippen LogP contribution in [-0.2, 0) is 17.8 Å². The van der Waals surface area contributed by atoms with Crippen molar-refractivity contribution in [3.8, 4) is 11.5 Å². The van der Waals surface area contributed by atoms with Crippen LogP contribution in [0.3, 0.4) is 0 Å². The SMILES string of the molecule is O=C(O)CCC1CCN(Cc2ccc(CC3COc4ccccc4O3)cc2)CC1. The highest BCUT2D eigenvalue weighted by Crippen LogP contribution is 2.31. The summed E-state index contributed by atoms with van der Waals surface area (Å²) < 4.78 is 11.9. The summed E-state index contributed by atoms with van der Waals surface area (Å²) in [5, 5.41) is 8.84. The number of hydrogen-bond acceptors (Lipinski definition) is 4. The molecule has 2 aliphatic heterocycles. The van der Waals surface area contributed by atoms with Crippen molar-refractivity contribution in [3.63, 3.8) is 0 Å². The molecule has 0 amide bonds. The lowest BCUT2D eigenvalue weighted by molar-refractivity contribution is -0.137. The third-order valence-electron chi connectivity index (χ3n) is 5.93. The number of aliphatic carboxylic acids is 1. The van der Waals surface area contributed by atoms with Crippen LogP contribution in [-0.4, -0.2) is 41.8 Å². The van der Waals surface area contributed by atoms with Gasteiger partial charge in [0.1, 0.15) is 12.7 Å². The highest BCUT2D eigenvalue weighted by atomic mass is 16.6. The Balaban J connectivity index is 1.23. The number of carboxylic acids is 1. The quantitative estimate of drug-likeness (QED) is 0.763. The van der Waals surface area contributed by atoms with Crippen molar-refractivity contribution < 1.29 is 19.4 Å². The van der Waals surface area contributed by atoms with E-state index in [9.17, 15) is 4.79 Å². The molecule has 2 aromatic rings. The van der Waals surface area contributed by atoms with Gasteiger partial charge in [-0.15, -0.1) is 0 Å². The minimum atomic E-state index is -0.679. The second kappa shape index (κ2) is 9.31. The molecule has 0 aliphatic carbocycles. The first-order valence-electron chi connectivity index (χ1n) is 10.6. The molecule has 1 atom stereocenters. The number of benzene rings is 2. The zero-order valence-corrected chi connectivity index (χ0v) is 16.8. The summed E-state index contributed by atoms with van der Waals surface area (Å²) in [7, 11) is 0. The molecule has 0 bridgehead atoms. The third-order valence-corrected chi connectivity index (χ3v) is 5.93. The molecule has 1 saturated heterocycles. The molecule has 0 spiro atoms. The number of carbonyl (C=O) groups is 1. The van der Waals surface area contributed by atoms with Gasteiger partial charge < -0.3 is 14.6 Å². The van der Waals surface area contributed by atoms with Crippen LogP contribution in [0.5, 0.6) is 11.5 Å². The Morgan fingerprint density at radius 3 is 2.41 bits per heavy atom. The van der Waals surface area contributed by atoms with E-state index in [2.05, 4.69) is 29.2 Å². The number of carboxylic acid groups (broad SMARTS) is 1. The monoisotopic (exact) mass is 395 g/mol. The Bertz CT molecular complexity index is 812. The number of ether oxygens (including phenoxy) is 2. The van der Waals surface area contributed by atoms with Crippen LogP contribution in [0.2, 0.25) is 0 Å². The van der Waals surface area contributed by atoms with Crippen LogP contribution in [0.15, 0.2) is 48.5 Å². The van der Waals surface area contributed by atoms with Crippen LogP contribution in [0.1, 0.15) is 36.8 Å². The maximum absolute atomic E-state index is 10.7. The van der Waals surface area contributed by atoms with E-state index in [4.69, 9.17) is 14.6 Å². The van der Waals surface area contributed by atoms with Crippen molar-refractivity contribution in [2.45, 2.75) is 44.8 Å². The number of para-hydroxylation sites is 2. The molecular weight excluding hydrogens is 366 g/mol. The van der Waals surface area contributed by atoms with Gasteiger partial charge in [0, 0.05) is 19.4 Å². The van der Waals surface area contributed by atoms with Crippen LogP contribution >= 0.6 is 0 Å². The summed E-state index contributed by atoms with van der Waals surface area (Å²) >= 11 is 0. The summed E-state index contributed by atoms with van der Waals surface area (Å²) in [5.74, 6) is 1.53. The van der Waals surface area contributed by atoms with Crippen molar-refractivity contribution in [2.24, 2.45) is 5.92 Å². The van der Waals surface area contributed by atoms with Gasteiger partial charge in [0.25, 0.3) is 0 Å². The molecule has 1 N–H and O–H groups in total. The average molecular weight is 395 g/mol. The Morgan fingerprint density at radius 2 is 1.69 bits per heavy atom. The summed E-state index contributed by atoms with van der Waals surface area (Å²) in [5.41, 5.74) is 2.58. The molecule has 1 fully saturated rings. The minimum Gasteiger partial charge on any atom is -0.486 e. The molecule has 0 radical (unpaired) electrons. The summed E-state index contributed by atoms with van der Waals surface area (Å²) in [6.07, 6.45) is 4.20. The summed E-state index contributed by atoms with van der Waals surface area (Å²) in [6.45, 7) is 3.65. The number of rotatable bonds is 7. The van der Waals surface area contributed by atoms with E-state index in [1.165, 1.54) is 11.1 Å². The van der Waals surface area contributed by atoms with Crippen molar-refractivity contribution in [3.05, 3.63) is 59.7 Å². The highest BCUT2D eigenvalue weighted by Gasteiger charge is 2.22. The van der Waals surface area contributed by atoms with Gasteiger partial charge in [-0.3, -0.25) is 9.69 Å². The highest BCUT2D eigenvalue weighted by molar-refractivity contribution is 5.66. The number of fused-ring (bicyclic) bond motifs is 1. The Labute approximate surface area is 172 Å². The van der Waals surface area contributed by atoms with Gasteiger partial charge >= 0.3 is 5.97 Å². The molecule has 0 saturated carbocycles. The first-order valence-corrected chi connectivity index (χ1v) is 10.6. The number of hydrogen-bond donors (Lipinski definition) is 1. The average Bonchev–Trinajstić information content (AvgIpc) is 2.74. The topological polar surface area (TPSA) is 59.0 Å². The Hall–Kier alpha value is -2.53. The van der Waals surface area contributed by atoms with Crippen LogP contribution in [0.25, 0.3) is 0 Å². The summed E-state index contributed by atoms with van der Waals surface area (Å²) in [4.78, 5) is 13.2. The second-order valence-corrected chi connectivity index (χ2v) is 8.17. The van der Waals surface area contributed by atoms with Crippen LogP contribution in [0, 0.1) is 5.92 Å². The van der Waals surface area contributed by atoms with E-state index < -0.39 is 5.97 Å². The molecule has 29 heavy (non-hydrogen) atoms. The fourth-order valence-corrected chi connectivity index (χ4v) is 4.23. The van der Waals surface area contributed by atoms with E-state index in [-0.39, 0.29) is 6.10 Å². The first-order chi connectivity index (χ1) is 14.2. The van der Waals surface area contributed by atoms with Gasteiger partial charge in [-0.25, -0.2) is 0 Å². The van der Waals surface area contributed by atoms with Gasteiger partial charge in [-0.1, -0.05) is 36.4 Å². The smallest absolute Gasteiger partial charge is 0.303 e. The van der Waals surface area contributed by atoms with Crippen LogP contribution in [0.4, 0.5) is 0 Å². The molecule has 154 valence electrons. The van der Waals surface area contributed by atoms with E-state index in [0.717, 1.165) is 56.8 Å². The van der Waals surface area contributed by atoms with E-state index in [1.807, 2.05) is 24.3 Å². The maximum atomic E-state index is 10.7. The molecule has 2 aliphatic rings. The Morgan fingerprint density at radius 1 is 1.00 bits per heavy atom. The number of likely N-dealkylation sites (tertiary alicyclic amines) is 1. The standard InChI is InChI=1S/C24H29NO4/c26-24(27)10-9-18-11-13-25(14-12-18)16-20-7-5-19(6-8-20)15-21-17-28-22-3-1-2-4-23(22)29-21/h1-8,18,21H,9-17H2,(H,26,27). The lowest BCUT2D eigenvalue weighted by Crippen LogP contribution is -2.33. The summed E-state index contributed by atoms with van der Waals surface area (Å²) in [6, 6.07) is 16.6. The predicted octanol–water partition coefficient (Wildman–Crippen LogP) is 4.15. The molecule has 2 heterocycles. The predicted molar refractivity (Wildman–Crippen MR) is 111 cm³/mol. The van der Waals surface area contributed by atoms with Crippen molar-refractivity contribution in [2.75, 3.05) is 19.7 Å². The van der Waals surface area contributed by atoms with Crippen molar-refractivity contribution in [1.82, 2.24) is 4.90 Å². The van der Waals surface area contributed by atoms with E-state index in [1.54, 1.807) is 0 Å². The molecule has 5 nitrogen and oxygen atoms in total. The zero-order chi connectivity index (χ0) is 20.1. The third kappa shape index (κ3) is 5.51. The lowest BCUT2D eigenvalue weighted by Gasteiger charge is -2.31. The molecule has 0 aromatic heterocycles. The molecule has 4 rings (SSSR count). The van der Waals surface area contributed by atoms with Gasteiger partial charge in [0.15, 0.2) is 11.5 Å². The first kappa shape index (κ1) is 19.8. The van der Waals surface area contributed by atoms with Crippen molar-refractivity contribution >= 4 is 5.97 Å². The maximum Gasteiger partial charge on any atom is 0.303 e. The van der Waals surface area contributed by atoms with Gasteiger partial charge in [-0.2, -0.15) is 0 Å². The van der Waals surface area contributed by atoms with E-state index in [0.29, 0.717) is 18.9 Å². The molecule has 1 unspecified atom stereocenters.